The quantitative estimate of drug-likeness (QED) is 0.396. The van der Waals surface area contributed by atoms with E-state index in [1.165, 1.54) is 22.2 Å². The van der Waals surface area contributed by atoms with E-state index in [1.54, 1.807) is 15.9 Å². The summed E-state index contributed by atoms with van der Waals surface area (Å²) >= 11 is 3.00. The highest BCUT2D eigenvalue weighted by molar-refractivity contribution is 8.00. The van der Waals surface area contributed by atoms with Crippen molar-refractivity contribution in [1.29, 1.82) is 0 Å². The van der Waals surface area contributed by atoms with Gasteiger partial charge in [0.2, 0.25) is 5.91 Å². The summed E-state index contributed by atoms with van der Waals surface area (Å²) < 4.78 is 7.60. The summed E-state index contributed by atoms with van der Waals surface area (Å²) in [6.45, 7) is 5.08. The van der Waals surface area contributed by atoms with Gasteiger partial charge in [-0.3, -0.25) is 14.2 Å². The van der Waals surface area contributed by atoms with Gasteiger partial charge in [-0.05, 0) is 57.1 Å². The molecule has 5 rings (SSSR count). The van der Waals surface area contributed by atoms with E-state index in [4.69, 9.17) is 9.72 Å². The fourth-order valence-electron chi connectivity index (χ4n) is 4.67. The lowest BCUT2D eigenvalue weighted by molar-refractivity contribution is -0.120. The average Bonchev–Trinajstić information content (AvgIpc) is 3.54. The molecule has 0 bridgehead atoms. The number of carbonyl (C=O) groups excluding carboxylic acids is 1. The van der Waals surface area contributed by atoms with Crippen molar-refractivity contribution in [2.45, 2.75) is 75.0 Å². The van der Waals surface area contributed by atoms with Crippen molar-refractivity contribution < 1.29 is 9.53 Å². The first-order valence-corrected chi connectivity index (χ1v) is 13.4. The van der Waals surface area contributed by atoms with E-state index in [9.17, 15) is 9.59 Å². The Hall–Kier alpha value is -2.16. The van der Waals surface area contributed by atoms with Crippen LogP contribution in [0.1, 0.15) is 55.2 Å². The number of ether oxygens (including phenoxy) is 1. The van der Waals surface area contributed by atoms with Crippen LogP contribution in [0.15, 0.2) is 40.3 Å². The first kappa shape index (κ1) is 22.6. The molecule has 1 N–H and O–H groups in total. The van der Waals surface area contributed by atoms with E-state index in [-0.39, 0.29) is 28.9 Å². The smallest absolute Gasteiger partial charge is 0.263 e. The summed E-state index contributed by atoms with van der Waals surface area (Å²) in [5.74, 6) is -0.0666. The van der Waals surface area contributed by atoms with Gasteiger partial charge < -0.3 is 10.1 Å². The topological polar surface area (TPSA) is 73.2 Å². The van der Waals surface area contributed by atoms with Crippen molar-refractivity contribution in [1.82, 2.24) is 14.9 Å². The third-order valence-electron chi connectivity index (χ3n) is 6.51. The molecule has 1 aromatic carbocycles. The Morgan fingerprint density at radius 1 is 1.27 bits per heavy atom. The number of fused-ring (bicyclic) bond motifs is 3. The molecule has 1 aliphatic carbocycles. The van der Waals surface area contributed by atoms with Gasteiger partial charge in [0.1, 0.15) is 4.83 Å². The van der Waals surface area contributed by atoms with Crippen molar-refractivity contribution >= 4 is 39.2 Å². The molecule has 3 aromatic rings. The van der Waals surface area contributed by atoms with Crippen molar-refractivity contribution in [2.75, 3.05) is 6.61 Å². The van der Waals surface area contributed by atoms with Crippen LogP contribution < -0.4 is 10.9 Å². The summed E-state index contributed by atoms with van der Waals surface area (Å²) in [7, 11) is 0. The third kappa shape index (κ3) is 4.61. The zero-order chi connectivity index (χ0) is 22.9. The van der Waals surface area contributed by atoms with Crippen molar-refractivity contribution in [3.8, 4) is 0 Å². The highest BCUT2D eigenvalue weighted by Crippen LogP contribution is 2.36. The van der Waals surface area contributed by atoms with Gasteiger partial charge >= 0.3 is 0 Å². The standard InChI is InChI=1S/C25H29N3O3S2/c1-15(17-8-4-3-5-9-17)26-22(29)16(2)32-25-27-23-21(19-11-6-12-20(19)33-23)24(30)28(25)14-18-10-7-13-31-18/h3-5,8-9,15-16,18H,6-7,10-14H2,1-2H3,(H,26,29)/t15-,16-,18-/m0/s1. The van der Waals surface area contributed by atoms with E-state index in [0.29, 0.717) is 11.7 Å². The molecular formula is C25H29N3O3S2. The summed E-state index contributed by atoms with van der Waals surface area (Å²) in [6.07, 6.45) is 5.07. The van der Waals surface area contributed by atoms with E-state index >= 15 is 0 Å². The van der Waals surface area contributed by atoms with Gasteiger partial charge in [0.15, 0.2) is 5.16 Å². The van der Waals surface area contributed by atoms with E-state index in [0.717, 1.165) is 54.5 Å². The van der Waals surface area contributed by atoms with Crippen LogP contribution in [0.4, 0.5) is 0 Å². The minimum atomic E-state index is -0.386. The molecule has 33 heavy (non-hydrogen) atoms. The van der Waals surface area contributed by atoms with Crippen LogP contribution in [-0.2, 0) is 28.9 Å². The number of nitrogens with one attached hydrogen (secondary N) is 1. The van der Waals surface area contributed by atoms with Crippen LogP contribution in [0.5, 0.6) is 0 Å². The minimum Gasteiger partial charge on any atom is -0.376 e. The Morgan fingerprint density at radius 2 is 2.09 bits per heavy atom. The molecule has 1 aliphatic heterocycles. The number of amides is 1. The SMILES string of the molecule is C[C@H](Sc1nc2sc3c(c2c(=O)n1C[C@@H]1CCCO1)CCC3)C(=O)N[C@@H](C)c1ccccc1. The molecule has 2 aliphatic rings. The number of hydrogen-bond donors (Lipinski definition) is 1. The Labute approximate surface area is 201 Å². The Bertz CT molecular complexity index is 1220. The van der Waals surface area contributed by atoms with Crippen LogP contribution in [0.2, 0.25) is 0 Å². The lowest BCUT2D eigenvalue weighted by Gasteiger charge is -2.20. The molecule has 174 valence electrons. The predicted molar refractivity (Wildman–Crippen MR) is 133 cm³/mol. The lowest BCUT2D eigenvalue weighted by atomic mass is 10.1. The van der Waals surface area contributed by atoms with Gasteiger partial charge in [-0.1, -0.05) is 42.1 Å². The Kier molecular flexibility index (Phi) is 6.58. The molecule has 1 saturated heterocycles. The van der Waals surface area contributed by atoms with Gasteiger partial charge in [0, 0.05) is 11.5 Å². The molecule has 1 fully saturated rings. The molecule has 3 heterocycles. The van der Waals surface area contributed by atoms with Crippen molar-refractivity contribution in [3.63, 3.8) is 0 Å². The summed E-state index contributed by atoms with van der Waals surface area (Å²) in [6, 6.07) is 9.83. The Balaban J connectivity index is 1.42. The molecule has 1 amide bonds. The molecule has 0 saturated carbocycles. The number of thioether (sulfide) groups is 1. The maximum Gasteiger partial charge on any atom is 0.263 e. The third-order valence-corrected chi connectivity index (χ3v) is 8.79. The van der Waals surface area contributed by atoms with Crippen molar-refractivity contribution in [2.24, 2.45) is 0 Å². The number of thiophene rings is 1. The normalized spacial score (nSPS) is 19.5. The second-order valence-corrected chi connectivity index (χ2v) is 11.3. The summed E-state index contributed by atoms with van der Waals surface area (Å²) in [4.78, 5) is 33.6. The maximum atomic E-state index is 13.6. The van der Waals surface area contributed by atoms with Crippen LogP contribution >= 0.6 is 23.1 Å². The van der Waals surface area contributed by atoms with Gasteiger partial charge in [-0.2, -0.15) is 0 Å². The highest BCUT2D eigenvalue weighted by atomic mass is 32.2. The number of hydrogen-bond acceptors (Lipinski definition) is 6. The average molecular weight is 484 g/mol. The first-order chi connectivity index (χ1) is 16.0. The van der Waals surface area contributed by atoms with Crippen LogP contribution in [0, 0.1) is 0 Å². The van der Waals surface area contributed by atoms with Gasteiger partial charge in [-0.25, -0.2) is 4.98 Å². The number of nitrogens with zero attached hydrogens (tertiary/aromatic N) is 2. The number of benzene rings is 1. The number of carbonyl (C=O) groups is 1. The van der Waals surface area contributed by atoms with Gasteiger partial charge in [0.05, 0.1) is 29.3 Å². The zero-order valence-electron chi connectivity index (χ0n) is 19.0. The first-order valence-electron chi connectivity index (χ1n) is 11.7. The Morgan fingerprint density at radius 3 is 2.85 bits per heavy atom. The monoisotopic (exact) mass is 483 g/mol. The van der Waals surface area contributed by atoms with Gasteiger partial charge in [-0.15, -0.1) is 11.3 Å². The number of rotatable bonds is 7. The van der Waals surface area contributed by atoms with E-state index in [1.807, 2.05) is 44.2 Å². The second-order valence-electron chi connectivity index (χ2n) is 8.88. The van der Waals surface area contributed by atoms with E-state index < -0.39 is 0 Å². The van der Waals surface area contributed by atoms with Crippen LogP contribution in [0.3, 0.4) is 0 Å². The minimum absolute atomic E-state index is 0.0164. The van der Waals surface area contributed by atoms with Crippen LogP contribution in [-0.4, -0.2) is 33.4 Å². The largest absolute Gasteiger partial charge is 0.376 e. The van der Waals surface area contributed by atoms with Crippen LogP contribution in [0.25, 0.3) is 10.2 Å². The van der Waals surface area contributed by atoms with Crippen molar-refractivity contribution in [3.05, 3.63) is 56.7 Å². The number of aryl methyl sites for hydroxylation is 2. The summed E-state index contributed by atoms with van der Waals surface area (Å²) in [5, 5.41) is 4.10. The second kappa shape index (κ2) is 9.60. The molecule has 6 nitrogen and oxygen atoms in total. The lowest BCUT2D eigenvalue weighted by Crippen LogP contribution is -2.34. The maximum absolute atomic E-state index is 13.6. The van der Waals surface area contributed by atoms with E-state index in [2.05, 4.69) is 5.32 Å². The molecule has 0 unspecified atom stereocenters. The number of aromatic nitrogens is 2. The van der Waals surface area contributed by atoms with Gasteiger partial charge in [0.25, 0.3) is 5.56 Å². The predicted octanol–water partition coefficient (Wildman–Crippen LogP) is 4.48. The molecular weight excluding hydrogens is 454 g/mol. The molecule has 0 radical (unpaired) electrons. The fourth-order valence-corrected chi connectivity index (χ4v) is 6.90. The zero-order valence-corrected chi connectivity index (χ0v) is 20.6. The molecule has 3 atom stereocenters. The molecule has 2 aromatic heterocycles. The summed E-state index contributed by atoms with van der Waals surface area (Å²) in [5.41, 5.74) is 2.27. The fraction of sp³-hybridized carbons (Fsp3) is 0.480. The highest BCUT2D eigenvalue weighted by Gasteiger charge is 2.27. The molecule has 8 heteroatoms. The molecule has 0 spiro atoms.